The first-order valence-electron chi connectivity index (χ1n) is 4.45. The van der Waals surface area contributed by atoms with Crippen LogP contribution in [0.5, 0.6) is 0 Å². The van der Waals surface area contributed by atoms with E-state index in [2.05, 4.69) is 49.7 Å². The Morgan fingerprint density at radius 3 is 2.67 bits per heavy atom. The number of rotatable bonds is 3. The zero-order valence-corrected chi connectivity index (χ0v) is 8.20. The largest absolute Gasteiger partial charge is 0.359 e. The molecule has 12 heavy (non-hydrogen) atoms. The number of hydrogen-bond donors (Lipinski definition) is 0. The fraction of sp³-hybridized carbons (Fsp3) is 0.600. The van der Waals surface area contributed by atoms with Gasteiger partial charge in [-0.2, -0.15) is 0 Å². The molecule has 0 N–H and O–H groups in total. The van der Waals surface area contributed by atoms with Crippen LogP contribution in [0.1, 0.15) is 20.3 Å². The van der Waals surface area contributed by atoms with Crippen molar-refractivity contribution in [2.24, 2.45) is 0 Å². The van der Waals surface area contributed by atoms with Crippen LogP contribution in [0.3, 0.4) is 0 Å². The van der Waals surface area contributed by atoms with Gasteiger partial charge in [-0.1, -0.05) is 6.08 Å². The Labute approximate surface area is 75.2 Å². The molecule has 0 saturated carbocycles. The third kappa shape index (κ3) is 1.63. The minimum absolute atomic E-state index is 0.475. The van der Waals surface area contributed by atoms with Crippen molar-refractivity contribution in [3.63, 3.8) is 0 Å². The van der Waals surface area contributed by atoms with Gasteiger partial charge < -0.3 is 9.80 Å². The first-order chi connectivity index (χ1) is 5.66. The second-order valence-electron chi connectivity index (χ2n) is 3.51. The van der Waals surface area contributed by atoms with Crippen LogP contribution in [0.25, 0.3) is 0 Å². The normalized spacial score (nSPS) is 22.5. The molecular weight excluding hydrogens is 148 g/mol. The Morgan fingerprint density at radius 2 is 2.17 bits per heavy atom. The zero-order chi connectivity index (χ0) is 9.14. The van der Waals surface area contributed by atoms with Gasteiger partial charge in [0.15, 0.2) is 0 Å². The average Bonchev–Trinajstić information content (AvgIpc) is 2.34. The van der Waals surface area contributed by atoms with E-state index in [1.54, 1.807) is 0 Å². The van der Waals surface area contributed by atoms with Gasteiger partial charge in [0, 0.05) is 31.9 Å². The summed E-state index contributed by atoms with van der Waals surface area (Å²) in [5.41, 5.74) is 0. The molecule has 0 bridgehead atoms. The van der Waals surface area contributed by atoms with Crippen LogP contribution in [0.15, 0.2) is 25.1 Å². The van der Waals surface area contributed by atoms with Gasteiger partial charge in [0.25, 0.3) is 0 Å². The summed E-state index contributed by atoms with van der Waals surface area (Å²) in [6, 6.07) is 0.566. The van der Waals surface area contributed by atoms with E-state index in [9.17, 15) is 0 Å². The van der Waals surface area contributed by atoms with Gasteiger partial charge in [0.2, 0.25) is 0 Å². The monoisotopic (exact) mass is 166 g/mol. The van der Waals surface area contributed by atoms with Gasteiger partial charge in [-0.05, 0) is 13.8 Å². The van der Waals surface area contributed by atoms with E-state index >= 15 is 0 Å². The van der Waals surface area contributed by atoms with E-state index in [1.807, 2.05) is 6.08 Å². The van der Waals surface area contributed by atoms with Crippen LogP contribution in [0, 0.1) is 0 Å². The molecule has 0 aromatic carbocycles. The highest BCUT2D eigenvalue weighted by Crippen LogP contribution is 2.19. The highest BCUT2D eigenvalue weighted by atomic mass is 15.4. The smallest absolute Gasteiger partial charge is 0.104 e. The summed E-state index contributed by atoms with van der Waals surface area (Å²) in [4.78, 5) is 4.57. The van der Waals surface area contributed by atoms with Crippen molar-refractivity contribution in [1.29, 1.82) is 0 Å². The maximum atomic E-state index is 3.77. The van der Waals surface area contributed by atoms with E-state index in [0.717, 1.165) is 6.42 Å². The summed E-state index contributed by atoms with van der Waals surface area (Å²) in [7, 11) is 2.10. The van der Waals surface area contributed by atoms with Crippen molar-refractivity contribution in [3.05, 3.63) is 25.1 Å². The average molecular weight is 166 g/mol. The first-order valence-corrected chi connectivity index (χ1v) is 4.45. The lowest BCUT2D eigenvalue weighted by atomic mass is 10.2. The Balaban J connectivity index is 2.62. The molecule has 0 amide bonds. The molecule has 0 fully saturated rings. The first kappa shape index (κ1) is 9.17. The van der Waals surface area contributed by atoms with E-state index in [-0.39, 0.29) is 0 Å². The lowest BCUT2D eigenvalue weighted by Crippen LogP contribution is -2.39. The third-order valence-electron chi connectivity index (χ3n) is 2.26. The Hall–Kier alpha value is -0.920. The number of nitrogens with zero attached hydrogens (tertiary/aromatic N) is 2. The molecule has 0 saturated heterocycles. The summed E-state index contributed by atoms with van der Waals surface area (Å²) < 4.78 is 0. The summed E-state index contributed by atoms with van der Waals surface area (Å²) in [6.45, 7) is 8.19. The van der Waals surface area contributed by atoms with Gasteiger partial charge in [-0.3, -0.25) is 0 Å². The quantitative estimate of drug-likeness (QED) is 0.592. The predicted octanol–water partition coefficient (Wildman–Crippen LogP) is 2.02. The molecule has 68 valence electrons. The molecular formula is C10H18N2. The molecule has 0 spiro atoms. The van der Waals surface area contributed by atoms with E-state index in [4.69, 9.17) is 0 Å². The van der Waals surface area contributed by atoms with Crippen molar-refractivity contribution in [2.75, 3.05) is 7.05 Å². The molecule has 0 aliphatic carbocycles. The van der Waals surface area contributed by atoms with Crippen molar-refractivity contribution in [1.82, 2.24) is 9.80 Å². The molecule has 1 atom stereocenters. The van der Waals surface area contributed by atoms with Gasteiger partial charge >= 0.3 is 0 Å². The lowest BCUT2D eigenvalue weighted by molar-refractivity contribution is 0.149. The lowest BCUT2D eigenvalue weighted by Gasteiger charge is -2.32. The third-order valence-corrected chi connectivity index (χ3v) is 2.26. The van der Waals surface area contributed by atoms with Gasteiger partial charge in [0.1, 0.15) is 6.17 Å². The van der Waals surface area contributed by atoms with Crippen molar-refractivity contribution < 1.29 is 0 Å². The molecule has 1 unspecified atom stereocenters. The second kappa shape index (κ2) is 3.65. The minimum atomic E-state index is 0.475. The van der Waals surface area contributed by atoms with Crippen LogP contribution in [-0.4, -0.2) is 29.1 Å². The zero-order valence-electron chi connectivity index (χ0n) is 8.20. The molecule has 2 nitrogen and oxygen atoms in total. The summed E-state index contributed by atoms with van der Waals surface area (Å²) in [5, 5.41) is 0. The molecule has 0 radical (unpaired) electrons. The fourth-order valence-electron chi connectivity index (χ4n) is 1.54. The molecule has 1 rings (SSSR count). The van der Waals surface area contributed by atoms with Gasteiger partial charge in [-0.25, -0.2) is 0 Å². The molecule has 1 aliphatic heterocycles. The van der Waals surface area contributed by atoms with Crippen LogP contribution in [-0.2, 0) is 0 Å². The van der Waals surface area contributed by atoms with Crippen LogP contribution in [0.4, 0.5) is 0 Å². The van der Waals surface area contributed by atoms with E-state index < -0.39 is 0 Å². The summed E-state index contributed by atoms with van der Waals surface area (Å²) in [5.74, 6) is 0. The SMILES string of the molecule is C=CCC1N(C)C=CN1C(C)C. The maximum Gasteiger partial charge on any atom is 0.104 e. The number of hydrogen-bond acceptors (Lipinski definition) is 2. The maximum absolute atomic E-state index is 3.77. The van der Waals surface area contributed by atoms with Gasteiger partial charge in [-0.15, -0.1) is 6.58 Å². The van der Waals surface area contributed by atoms with Crippen molar-refractivity contribution in [3.8, 4) is 0 Å². The highest BCUT2D eigenvalue weighted by Gasteiger charge is 2.23. The van der Waals surface area contributed by atoms with Crippen LogP contribution >= 0.6 is 0 Å². The van der Waals surface area contributed by atoms with E-state index in [1.165, 1.54) is 0 Å². The fourth-order valence-corrected chi connectivity index (χ4v) is 1.54. The van der Waals surface area contributed by atoms with Crippen LogP contribution < -0.4 is 0 Å². The highest BCUT2D eigenvalue weighted by molar-refractivity contribution is 4.98. The van der Waals surface area contributed by atoms with Crippen molar-refractivity contribution >= 4 is 0 Å². The molecule has 0 aromatic rings. The molecule has 0 aromatic heterocycles. The summed E-state index contributed by atoms with van der Waals surface area (Å²) >= 11 is 0. The van der Waals surface area contributed by atoms with Crippen molar-refractivity contribution in [2.45, 2.75) is 32.5 Å². The Kier molecular flexibility index (Phi) is 2.79. The summed E-state index contributed by atoms with van der Waals surface area (Å²) in [6.07, 6.45) is 7.74. The topological polar surface area (TPSA) is 6.48 Å². The standard InChI is InChI=1S/C10H18N2/c1-5-6-10-11(4)7-8-12(10)9(2)3/h5,7-10H,1,6H2,2-4H3. The predicted molar refractivity (Wildman–Crippen MR) is 52.5 cm³/mol. The Morgan fingerprint density at radius 1 is 1.50 bits per heavy atom. The van der Waals surface area contributed by atoms with E-state index in [0.29, 0.717) is 12.2 Å². The molecule has 2 heteroatoms. The van der Waals surface area contributed by atoms with Gasteiger partial charge in [0.05, 0.1) is 0 Å². The second-order valence-corrected chi connectivity index (χ2v) is 3.51. The minimum Gasteiger partial charge on any atom is -0.359 e. The Bertz CT molecular complexity index is 184. The van der Waals surface area contributed by atoms with Crippen LogP contribution in [0.2, 0.25) is 0 Å². The molecule has 1 aliphatic rings. The molecule has 1 heterocycles.